The second-order valence-electron chi connectivity index (χ2n) is 7.37. The lowest BCUT2D eigenvalue weighted by Gasteiger charge is -2.31. The standard InChI is InChI=1S/C22H27N3O4S/c1-2-15-30(28,29)25-14-8-11-18(16-25)22(27)24-20-13-7-6-12-19(20)23-21(26)17-9-4-3-5-10-17/h3-7,9-10,12-13,18H,2,8,11,14-16H2,1H3,(H,23,26)(H,24,27). The van der Waals surface area contributed by atoms with E-state index in [2.05, 4.69) is 10.6 Å². The second-order valence-corrected chi connectivity index (χ2v) is 9.46. The zero-order valence-corrected chi connectivity index (χ0v) is 17.8. The average Bonchev–Trinajstić information content (AvgIpc) is 2.75. The van der Waals surface area contributed by atoms with Crippen molar-refractivity contribution in [2.24, 2.45) is 5.92 Å². The highest BCUT2D eigenvalue weighted by Gasteiger charge is 2.32. The van der Waals surface area contributed by atoms with Crippen LogP contribution in [0.3, 0.4) is 0 Å². The summed E-state index contributed by atoms with van der Waals surface area (Å²) < 4.78 is 26.2. The van der Waals surface area contributed by atoms with Gasteiger partial charge in [0.1, 0.15) is 0 Å². The van der Waals surface area contributed by atoms with Crippen LogP contribution in [-0.4, -0.2) is 43.4 Å². The van der Waals surface area contributed by atoms with Crippen LogP contribution in [0.15, 0.2) is 54.6 Å². The fourth-order valence-corrected chi connectivity index (χ4v) is 5.10. The number of hydrogen-bond acceptors (Lipinski definition) is 4. The number of piperidine rings is 1. The van der Waals surface area contributed by atoms with Gasteiger partial charge in [0, 0.05) is 18.7 Å². The monoisotopic (exact) mass is 429 g/mol. The summed E-state index contributed by atoms with van der Waals surface area (Å²) in [6, 6.07) is 15.8. The van der Waals surface area contributed by atoms with Gasteiger partial charge < -0.3 is 10.6 Å². The summed E-state index contributed by atoms with van der Waals surface area (Å²) in [5, 5.41) is 5.69. The summed E-state index contributed by atoms with van der Waals surface area (Å²) in [7, 11) is -3.33. The Morgan fingerprint density at radius 3 is 2.30 bits per heavy atom. The molecule has 3 rings (SSSR count). The molecule has 0 aliphatic carbocycles. The number of carbonyl (C=O) groups excluding carboxylic acids is 2. The fraction of sp³-hybridized carbons (Fsp3) is 0.364. The summed E-state index contributed by atoms with van der Waals surface area (Å²) in [6.45, 7) is 2.47. The van der Waals surface area contributed by atoms with Crippen LogP contribution >= 0.6 is 0 Å². The van der Waals surface area contributed by atoms with Crippen molar-refractivity contribution in [3.63, 3.8) is 0 Å². The van der Waals surface area contributed by atoms with E-state index in [1.54, 1.807) is 48.5 Å². The molecule has 1 aliphatic heterocycles. The van der Waals surface area contributed by atoms with Gasteiger partial charge in [0.25, 0.3) is 5.91 Å². The molecule has 1 fully saturated rings. The number of para-hydroxylation sites is 2. The summed E-state index contributed by atoms with van der Waals surface area (Å²) in [5.41, 5.74) is 1.49. The minimum absolute atomic E-state index is 0.0929. The number of anilines is 2. The van der Waals surface area contributed by atoms with Crippen molar-refractivity contribution < 1.29 is 18.0 Å². The number of amides is 2. The van der Waals surface area contributed by atoms with Crippen molar-refractivity contribution in [2.75, 3.05) is 29.5 Å². The van der Waals surface area contributed by atoms with Crippen LogP contribution in [-0.2, 0) is 14.8 Å². The number of nitrogens with one attached hydrogen (secondary N) is 2. The first kappa shape index (κ1) is 22.0. The van der Waals surface area contributed by atoms with Gasteiger partial charge in [0.2, 0.25) is 15.9 Å². The number of nitrogens with zero attached hydrogens (tertiary/aromatic N) is 1. The molecule has 7 nitrogen and oxygen atoms in total. The number of rotatable bonds is 7. The molecule has 30 heavy (non-hydrogen) atoms. The molecule has 0 bridgehead atoms. The molecule has 1 unspecified atom stereocenters. The summed E-state index contributed by atoms with van der Waals surface area (Å²) in [4.78, 5) is 25.3. The van der Waals surface area contributed by atoms with Gasteiger partial charge in [-0.05, 0) is 43.5 Å². The maximum Gasteiger partial charge on any atom is 0.255 e. The molecule has 2 aromatic rings. The Balaban J connectivity index is 1.69. The third-order valence-corrected chi connectivity index (χ3v) is 7.12. The smallest absolute Gasteiger partial charge is 0.255 e. The topological polar surface area (TPSA) is 95.6 Å². The first-order valence-electron chi connectivity index (χ1n) is 10.1. The molecule has 1 saturated heterocycles. The van der Waals surface area contributed by atoms with Crippen molar-refractivity contribution in [3.05, 3.63) is 60.2 Å². The van der Waals surface area contributed by atoms with Crippen molar-refractivity contribution in [2.45, 2.75) is 26.2 Å². The average molecular weight is 430 g/mol. The third-order valence-electron chi connectivity index (χ3n) is 5.08. The van der Waals surface area contributed by atoms with Crippen LogP contribution in [0.25, 0.3) is 0 Å². The van der Waals surface area contributed by atoms with Crippen LogP contribution in [0.2, 0.25) is 0 Å². The van der Waals surface area contributed by atoms with Crippen molar-refractivity contribution in [1.29, 1.82) is 0 Å². The molecule has 1 atom stereocenters. The third kappa shape index (κ3) is 5.46. The zero-order valence-electron chi connectivity index (χ0n) is 17.0. The van der Waals surface area contributed by atoms with Gasteiger partial charge in [-0.3, -0.25) is 9.59 Å². The lowest BCUT2D eigenvalue weighted by Crippen LogP contribution is -2.44. The Labute approximate surface area is 177 Å². The Morgan fingerprint density at radius 2 is 1.63 bits per heavy atom. The van der Waals surface area contributed by atoms with Gasteiger partial charge >= 0.3 is 0 Å². The Kier molecular flexibility index (Phi) is 7.23. The van der Waals surface area contributed by atoms with Gasteiger partial charge in [-0.15, -0.1) is 0 Å². The molecule has 0 radical (unpaired) electrons. The highest BCUT2D eigenvalue weighted by molar-refractivity contribution is 7.89. The zero-order chi connectivity index (χ0) is 21.6. The largest absolute Gasteiger partial charge is 0.324 e. The van der Waals surface area contributed by atoms with E-state index in [1.807, 2.05) is 13.0 Å². The summed E-state index contributed by atoms with van der Waals surface area (Å²) in [6.07, 6.45) is 1.82. The lowest BCUT2D eigenvalue weighted by molar-refractivity contribution is -0.120. The van der Waals surface area contributed by atoms with Crippen LogP contribution in [0.5, 0.6) is 0 Å². The maximum atomic E-state index is 12.9. The van der Waals surface area contributed by atoms with Crippen LogP contribution < -0.4 is 10.6 Å². The number of sulfonamides is 1. The quantitative estimate of drug-likeness (QED) is 0.706. The first-order valence-corrected chi connectivity index (χ1v) is 11.8. The van der Waals surface area contributed by atoms with E-state index in [-0.39, 0.29) is 24.1 Å². The number of benzene rings is 2. The van der Waals surface area contributed by atoms with Gasteiger partial charge in [-0.1, -0.05) is 37.3 Å². The molecule has 2 amide bonds. The minimum atomic E-state index is -3.33. The Bertz CT molecular complexity index is 992. The van der Waals surface area contributed by atoms with Gasteiger partial charge in [-0.25, -0.2) is 12.7 Å². The molecule has 0 saturated carbocycles. The summed E-state index contributed by atoms with van der Waals surface area (Å²) >= 11 is 0. The van der Waals surface area contributed by atoms with Gasteiger partial charge in [-0.2, -0.15) is 0 Å². The molecular weight excluding hydrogens is 402 g/mol. The molecule has 2 aromatic carbocycles. The van der Waals surface area contributed by atoms with E-state index in [9.17, 15) is 18.0 Å². The highest BCUT2D eigenvalue weighted by atomic mass is 32.2. The first-order chi connectivity index (χ1) is 14.4. The Morgan fingerprint density at radius 1 is 1.00 bits per heavy atom. The summed E-state index contributed by atoms with van der Waals surface area (Å²) in [5.74, 6) is -0.849. The maximum absolute atomic E-state index is 12.9. The normalized spacial score (nSPS) is 17.3. The van der Waals surface area contributed by atoms with Gasteiger partial charge in [0.15, 0.2) is 0 Å². The number of carbonyl (C=O) groups is 2. The van der Waals surface area contributed by atoms with E-state index in [4.69, 9.17) is 0 Å². The molecular formula is C22H27N3O4S. The predicted octanol–water partition coefficient (Wildman–Crippen LogP) is 3.33. The van der Waals surface area contributed by atoms with E-state index < -0.39 is 15.9 Å². The van der Waals surface area contributed by atoms with E-state index in [1.165, 1.54) is 4.31 Å². The molecule has 1 heterocycles. The molecule has 8 heteroatoms. The molecule has 160 valence electrons. The van der Waals surface area contributed by atoms with Crippen molar-refractivity contribution >= 4 is 33.2 Å². The minimum Gasteiger partial charge on any atom is -0.324 e. The van der Waals surface area contributed by atoms with Crippen molar-refractivity contribution in [3.8, 4) is 0 Å². The fourth-order valence-electron chi connectivity index (χ4n) is 3.52. The van der Waals surface area contributed by atoms with E-state index in [0.29, 0.717) is 42.7 Å². The second kappa shape index (κ2) is 9.86. The molecule has 1 aliphatic rings. The number of hydrogen-bond donors (Lipinski definition) is 2. The predicted molar refractivity (Wildman–Crippen MR) is 118 cm³/mol. The van der Waals surface area contributed by atoms with E-state index in [0.717, 1.165) is 0 Å². The highest BCUT2D eigenvalue weighted by Crippen LogP contribution is 2.25. The van der Waals surface area contributed by atoms with E-state index >= 15 is 0 Å². The molecule has 2 N–H and O–H groups in total. The Hall–Kier alpha value is -2.71. The molecule has 0 spiro atoms. The van der Waals surface area contributed by atoms with Crippen LogP contribution in [0, 0.1) is 5.92 Å². The lowest BCUT2D eigenvalue weighted by atomic mass is 9.98. The van der Waals surface area contributed by atoms with Gasteiger partial charge in [0.05, 0.1) is 23.0 Å². The SMILES string of the molecule is CCCS(=O)(=O)N1CCCC(C(=O)Nc2ccccc2NC(=O)c2ccccc2)C1. The molecule has 0 aromatic heterocycles. The van der Waals surface area contributed by atoms with Crippen molar-refractivity contribution in [1.82, 2.24) is 4.31 Å². The van der Waals surface area contributed by atoms with Crippen LogP contribution in [0.1, 0.15) is 36.5 Å². The van der Waals surface area contributed by atoms with Crippen LogP contribution in [0.4, 0.5) is 11.4 Å².